The zero-order valence-corrected chi connectivity index (χ0v) is 17.3. The smallest absolute Gasteiger partial charge is 0.261 e. The fourth-order valence-electron chi connectivity index (χ4n) is 3.38. The number of imide groups is 1. The first-order valence-electron chi connectivity index (χ1n) is 9.63. The highest BCUT2D eigenvalue weighted by atomic mass is 32.2. The number of carbonyl (C=O) groups is 2. The summed E-state index contributed by atoms with van der Waals surface area (Å²) in [4.78, 5) is 25.8. The molecule has 7 nitrogen and oxygen atoms in total. The highest BCUT2D eigenvalue weighted by Gasteiger charge is 2.34. The van der Waals surface area contributed by atoms with Gasteiger partial charge in [-0.15, -0.1) is 0 Å². The standard InChI is InChI=1S/C21H23FN2O5S/c1-14(15-9-10-18(22)19(25)13-15)23-30(28,29)12-6-2-5-11-24-20(26)16-7-3-4-8-17(16)21(24)27/h3-4,7-10,13-14,23,25H,2,5-6,11-12H2,1H3/t14-/m1/s1. The van der Waals surface area contributed by atoms with Gasteiger partial charge in [0.05, 0.1) is 16.9 Å². The lowest BCUT2D eigenvalue weighted by atomic mass is 10.1. The molecule has 0 spiro atoms. The first kappa shape index (κ1) is 21.9. The molecular formula is C21H23FN2O5S. The highest BCUT2D eigenvalue weighted by molar-refractivity contribution is 7.89. The maximum absolute atomic E-state index is 13.1. The van der Waals surface area contributed by atoms with Gasteiger partial charge in [-0.05, 0) is 49.6 Å². The normalized spacial score (nSPS) is 14.8. The Bertz CT molecular complexity index is 1040. The van der Waals surface area contributed by atoms with Crippen LogP contribution in [0.15, 0.2) is 42.5 Å². The lowest BCUT2D eigenvalue weighted by Crippen LogP contribution is -2.31. The van der Waals surface area contributed by atoms with Crippen molar-refractivity contribution in [1.29, 1.82) is 0 Å². The Kier molecular flexibility index (Phi) is 6.52. The summed E-state index contributed by atoms with van der Waals surface area (Å²) in [5, 5.41) is 9.43. The van der Waals surface area contributed by atoms with Crippen molar-refractivity contribution in [3.8, 4) is 5.75 Å². The average Bonchev–Trinajstić information content (AvgIpc) is 2.94. The van der Waals surface area contributed by atoms with E-state index in [1.165, 1.54) is 17.0 Å². The third-order valence-electron chi connectivity index (χ3n) is 5.00. The van der Waals surface area contributed by atoms with Gasteiger partial charge >= 0.3 is 0 Å². The third-order valence-corrected chi connectivity index (χ3v) is 6.54. The van der Waals surface area contributed by atoms with Crippen LogP contribution in [0.25, 0.3) is 0 Å². The summed E-state index contributed by atoms with van der Waals surface area (Å²) in [6.07, 6.45) is 1.39. The summed E-state index contributed by atoms with van der Waals surface area (Å²) in [5.74, 6) is -2.06. The number of nitrogens with one attached hydrogen (secondary N) is 1. The summed E-state index contributed by atoms with van der Waals surface area (Å²) in [7, 11) is -3.59. The molecule has 0 fully saturated rings. The van der Waals surface area contributed by atoms with Gasteiger partial charge in [-0.2, -0.15) is 0 Å². The van der Waals surface area contributed by atoms with E-state index in [0.717, 1.165) is 6.07 Å². The number of benzene rings is 2. The number of amides is 2. The molecule has 160 valence electrons. The molecule has 9 heteroatoms. The van der Waals surface area contributed by atoms with Crippen LogP contribution < -0.4 is 4.72 Å². The van der Waals surface area contributed by atoms with E-state index in [9.17, 15) is 27.5 Å². The molecule has 1 atom stereocenters. The molecule has 2 aromatic rings. The molecule has 2 N–H and O–H groups in total. The zero-order chi connectivity index (χ0) is 21.9. The van der Waals surface area contributed by atoms with Gasteiger partial charge in [0, 0.05) is 12.6 Å². The van der Waals surface area contributed by atoms with E-state index < -0.39 is 27.6 Å². The molecule has 0 saturated carbocycles. The van der Waals surface area contributed by atoms with Gasteiger partial charge in [-0.25, -0.2) is 17.5 Å². The van der Waals surface area contributed by atoms with E-state index in [0.29, 0.717) is 36.0 Å². The number of hydrogen-bond donors (Lipinski definition) is 2. The fourth-order valence-corrected chi connectivity index (χ4v) is 4.75. The molecule has 0 aromatic heterocycles. The van der Waals surface area contributed by atoms with Crippen molar-refractivity contribution in [2.75, 3.05) is 12.3 Å². The minimum atomic E-state index is -3.59. The zero-order valence-electron chi connectivity index (χ0n) is 16.5. The van der Waals surface area contributed by atoms with E-state index in [1.807, 2.05) is 0 Å². The Morgan fingerprint density at radius 1 is 1.03 bits per heavy atom. The van der Waals surface area contributed by atoms with Crippen molar-refractivity contribution >= 4 is 21.8 Å². The molecule has 0 aliphatic carbocycles. The molecule has 1 aliphatic rings. The minimum absolute atomic E-state index is 0.118. The van der Waals surface area contributed by atoms with Gasteiger partial charge in [-0.3, -0.25) is 14.5 Å². The molecule has 0 unspecified atom stereocenters. The number of nitrogens with zero attached hydrogens (tertiary/aromatic N) is 1. The van der Waals surface area contributed by atoms with E-state index in [-0.39, 0.29) is 24.1 Å². The summed E-state index contributed by atoms with van der Waals surface area (Å²) in [5.41, 5.74) is 1.24. The Hall–Kier alpha value is -2.78. The van der Waals surface area contributed by atoms with E-state index in [1.54, 1.807) is 31.2 Å². The molecule has 0 radical (unpaired) electrons. The average molecular weight is 434 g/mol. The Morgan fingerprint density at radius 2 is 1.67 bits per heavy atom. The van der Waals surface area contributed by atoms with Gasteiger partial charge in [-0.1, -0.05) is 24.6 Å². The number of sulfonamides is 1. The number of rotatable bonds is 9. The summed E-state index contributed by atoms with van der Waals surface area (Å²) < 4.78 is 40.2. The van der Waals surface area contributed by atoms with Crippen LogP contribution in [0.4, 0.5) is 4.39 Å². The number of unbranched alkanes of at least 4 members (excludes halogenated alkanes) is 2. The number of phenolic OH excluding ortho intramolecular Hbond substituents is 1. The molecule has 0 bridgehead atoms. The number of carbonyl (C=O) groups excluding carboxylic acids is 2. The van der Waals surface area contributed by atoms with Crippen LogP contribution in [-0.4, -0.2) is 42.5 Å². The SMILES string of the molecule is C[C@@H](NS(=O)(=O)CCCCCN1C(=O)c2ccccc2C1=O)c1ccc(F)c(O)c1. The number of hydrogen-bond acceptors (Lipinski definition) is 5. The van der Waals surface area contributed by atoms with E-state index in [4.69, 9.17) is 0 Å². The van der Waals surface area contributed by atoms with Crippen LogP contribution >= 0.6 is 0 Å². The Labute approximate surface area is 174 Å². The quantitative estimate of drug-likeness (QED) is 0.466. The lowest BCUT2D eigenvalue weighted by Gasteiger charge is -2.16. The number of halogens is 1. The predicted molar refractivity (Wildman–Crippen MR) is 109 cm³/mol. The topological polar surface area (TPSA) is 104 Å². The van der Waals surface area contributed by atoms with Gasteiger partial charge in [0.25, 0.3) is 11.8 Å². The summed E-state index contributed by atoms with van der Waals surface area (Å²) in [6.45, 7) is 1.84. The fraction of sp³-hybridized carbons (Fsp3) is 0.333. The van der Waals surface area contributed by atoms with Crippen LogP contribution in [0.5, 0.6) is 5.75 Å². The van der Waals surface area contributed by atoms with Crippen molar-refractivity contribution < 1.29 is 27.5 Å². The number of aromatic hydroxyl groups is 1. The Morgan fingerprint density at radius 3 is 2.27 bits per heavy atom. The molecule has 2 aromatic carbocycles. The largest absolute Gasteiger partial charge is 0.505 e. The molecule has 3 rings (SSSR count). The van der Waals surface area contributed by atoms with Crippen LogP contribution in [0.2, 0.25) is 0 Å². The van der Waals surface area contributed by atoms with Crippen LogP contribution in [0.3, 0.4) is 0 Å². The third kappa shape index (κ3) is 4.85. The predicted octanol–water partition coefficient (Wildman–Crippen LogP) is 2.98. The monoisotopic (exact) mass is 434 g/mol. The van der Waals surface area contributed by atoms with Gasteiger partial charge in [0.1, 0.15) is 0 Å². The Balaban J connectivity index is 1.44. The van der Waals surface area contributed by atoms with Crippen LogP contribution in [0.1, 0.15) is 58.5 Å². The molecule has 2 amide bonds. The molecule has 0 saturated heterocycles. The number of fused-ring (bicyclic) bond motifs is 1. The molecule has 1 heterocycles. The van der Waals surface area contributed by atoms with Crippen LogP contribution in [-0.2, 0) is 10.0 Å². The molecule has 1 aliphatic heterocycles. The van der Waals surface area contributed by atoms with Gasteiger partial charge < -0.3 is 5.11 Å². The maximum Gasteiger partial charge on any atom is 0.261 e. The second-order valence-electron chi connectivity index (χ2n) is 7.24. The maximum atomic E-state index is 13.1. The second-order valence-corrected chi connectivity index (χ2v) is 9.11. The summed E-state index contributed by atoms with van der Waals surface area (Å²) >= 11 is 0. The first-order valence-corrected chi connectivity index (χ1v) is 11.3. The van der Waals surface area contributed by atoms with Crippen molar-refractivity contribution in [1.82, 2.24) is 9.62 Å². The summed E-state index contributed by atoms with van der Waals surface area (Å²) in [6, 6.07) is 9.70. The first-order chi connectivity index (χ1) is 14.2. The van der Waals surface area contributed by atoms with Gasteiger partial charge in [0.15, 0.2) is 11.6 Å². The van der Waals surface area contributed by atoms with Crippen molar-refractivity contribution in [2.24, 2.45) is 0 Å². The van der Waals surface area contributed by atoms with Crippen molar-refractivity contribution in [3.05, 3.63) is 65.0 Å². The highest BCUT2D eigenvalue weighted by Crippen LogP contribution is 2.23. The van der Waals surface area contributed by atoms with Crippen molar-refractivity contribution in [2.45, 2.75) is 32.2 Å². The molecule has 30 heavy (non-hydrogen) atoms. The van der Waals surface area contributed by atoms with Gasteiger partial charge in [0.2, 0.25) is 10.0 Å². The lowest BCUT2D eigenvalue weighted by molar-refractivity contribution is 0.0651. The number of phenols is 1. The molecular weight excluding hydrogens is 411 g/mol. The second kappa shape index (κ2) is 8.93. The van der Waals surface area contributed by atoms with E-state index in [2.05, 4.69) is 4.72 Å². The van der Waals surface area contributed by atoms with Crippen molar-refractivity contribution in [3.63, 3.8) is 0 Å². The van der Waals surface area contributed by atoms with Crippen LogP contribution in [0, 0.1) is 5.82 Å². The minimum Gasteiger partial charge on any atom is -0.505 e. The van der Waals surface area contributed by atoms with E-state index >= 15 is 0 Å².